The Balaban J connectivity index is 1.46. The van der Waals surface area contributed by atoms with Gasteiger partial charge in [-0.25, -0.2) is 4.63 Å². The average Bonchev–Trinajstić information content (AvgIpc) is 3.31. The van der Waals surface area contributed by atoms with Crippen LogP contribution < -0.4 is 5.32 Å². The van der Waals surface area contributed by atoms with Crippen LogP contribution in [0.4, 0.5) is 11.4 Å². The van der Waals surface area contributed by atoms with E-state index in [1.165, 1.54) is 89.2 Å². The first-order chi connectivity index (χ1) is 16.6. The molecular weight excluding hydrogens is 432 g/mol. The van der Waals surface area contributed by atoms with Crippen molar-refractivity contribution in [2.45, 2.75) is 110 Å². The minimum absolute atomic E-state index is 0.0381. The molecule has 0 saturated carbocycles. The van der Waals surface area contributed by atoms with Gasteiger partial charge >= 0.3 is 5.69 Å². The summed E-state index contributed by atoms with van der Waals surface area (Å²) in [5.41, 5.74) is 0.419. The molecule has 2 rings (SSSR count). The number of rotatable bonds is 19. The minimum Gasteiger partial charge on any atom is -0.324 e. The topological polar surface area (TPSA) is 111 Å². The van der Waals surface area contributed by atoms with Crippen molar-refractivity contribution >= 4 is 28.3 Å². The molecule has 8 heteroatoms. The van der Waals surface area contributed by atoms with Gasteiger partial charge in [-0.3, -0.25) is 14.9 Å². The van der Waals surface area contributed by atoms with Gasteiger partial charge in [0.05, 0.1) is 10.6 Å². The van der Waals surface area contributed by atoms with Gasteiger partial charge in [-0.05, 0) is 48.5 Å². The average molecular weight is 473 g/mol. The normalized spacial score (nSPS) is 11.4. The molecule has 0 aliphatic carbocycles. The summed E-state index contributed by atoms with van der Waals surface area (Å²) < 4.78 is 4.62. The largest absolute Gasteiger partial charge is 0.324 e. The van der Waals surface area contributed by atoms with Crippen molar-refractivity contribution in [3.63, 3.8) is 0 Å². The number of unbranched alkanes of at least 4 members (excludes halogenated alkanes) is 13. The van der Waals surface area contributed by atoms with E-state index in [2.05, 4.69) is 39.3 Å². The highest BCUT2D eigenvalue weighted by Crippen LogP contribution is 2.28. The molecule has 0 spiro atoms. The lowest BCUT2D eigenvalue weighted by molar-refractivity contribution is -0.383. The van der Waals surface area contributed by atoms with Crippen LogP contribution in [0.1, 0.15) is 110 Å². The van der Waals surface area contributed by atoms with Gasteiger partial charge in [-0.15, -0.1) is 0 Å². The SMILES string of the molecule is CCCCCCCC/C=C\CCCCCCCCCC(=O)Nc1ccc([N+](=O)[O-])c2nonc12. The van der Waals surface area contributed by atoms with E-state index in [9.17, 15) is 14.9 Å². The summed E-state index contributed by atoms with van der Waals surface area (Å²) in [6, 6.07) is 2.76. The lowest BCUT2D eigenvalue weighted by Gasteiger charge is -2.05. The molecule has 0 bridgehead atoms. The molecule has 2 aromatic rings. The molecule has 1 aromatic carbocycles. The lowest BCUT2D eigenvalue weighted by Crippen LogP contribution is -2.11. The first-order valence-electron chi connectivity index (χ1n) is 13.0. The van der Waals surface area contributed by atoms with Gasteiger partial charge in [0.25, 0.3) is 0 Å². The van der Waals surface area contributed by atoms with Crippen LogP contribution in [-0.4, -0.2) is 21.1 Å². The molecule has 0 saturated heterocycles. The zero-order valence-corrected chi connectivity index (χ0v) is 20.6. The summed E-state index contributed by atoms with van der Waals surface area (Å²) >= 11 is 0. The van der Waals surface area contributed by atoms with E-state index in [-0.39, 0.29) is 22.6 Å². The van der Waals surface area contributed by atoms with Crippen molar-refractivity contribution in [2.75, 3.05) is 5.32 Å². The Bertz CT molecular complexity index is 894. The van der Waals surface area contributed by atoms with Crippen LogP contribution in [0.15, 0.2) is 28.9 Å². The van der Waals surface area contributed by atoms with Crippen LogP contribution in [0, 0.1) is 10.1 Å². The van der Waals surface area contributed by atoms with E-state index in [0.29, 0.717) is 12.1 Å². The number of fused-ring (bicyclic) bond motifs is 1. The number of nitro groups is 1. The molecule has 0 atom stereocenters. The predicted molar refractivity (Wildman–Crippen MR) is 136 cm³/mol. The van der Waals surface area contributed by atoms with Crippen LogP contribution in [0.25, 0.3) is 11.0 Å². The Kier molecular flexibility index (Phi) is 13.6. The van der Waals surface area contributed by atoms with Crippen molar-refractivity contribution in [1.82, 2.24) is 10.3 Å². The number of nitro benzene ring substituents is 1. The number of carbonyl (C=O) groups is 1. The second kappa shape index (κ2) is 16.8. The highest BCUT2D eigenvalue weighted by molar-refractivity contribution is 6.01. The van der Waals surface area contributed by atoms with Crippen molar-refractivity contribution in [3.8, 4) is 0 Å². The first-order valence-corrected chi connectivity index (χ1v) is 13.0. The Morgan fingerprint density at radius 3 is 2.06 bits per heavy atom. The van der Waals surface area contributed by atoms with Crippen LogP contribution in [0.3, 0.4) is 0 Å². The summed E-state index contributed by atoms with van der Waals surface area (Å²) in [5.74, 6) is -0.133. The molecule has 1 aromatic heterocycles. The second-order valence-electron chi connectivity index (χ2n) is 8.94. The monoisotopic (exact) mass is 472 g/mol. The zero-order chi connectivity index (χ0) is 24.4. The van der Waals surface area contributed by atoms with E-state index >= 15 is 0 Å². The fraction of sp³-hybridized carbons (Fsp3) is 0.654. The van der Waals surface area contributed by atoms with Gasteiger partial charge in [0, 0.05) is 12.5 Å². The molecule has 0 aliphatic heterocycles. The number of anilines is 1. The number of allylic oxidation sites excluding steroid dienone is 2. The van der Waals surface area contributed by atoms with Crippen molar-refractivity contribution in [1.29, 1.82) is 0 Å². The van der Waals surface area contributed by atoms with Gasteiger partial charge in [0.15, 0.2) is 5.52 Å². The smallest absolute Gasteiger partial charge is 0.300 e. The summed E-state index contributed by atoms with van der Waals surface area (Å²) in [6.07, 6.45) is 23.6. The van der Waals surface area contributed by atoms with Crippen LogP contribution >= 0.6 is 0 Å². The quantitative estimate of drug-likeness (QED) is 0.0963. The van der Waals surface area contributed by atoms with E-state index in [0.717, 1.165) is 19.3 Å². The van der Waals surface area contributed by atoms with Crippen LogP contribution in [0.2, 0.25) is 0 Å². The predicted octanol–water partition coefficient (Wildman–Crippen LogP) is 7.89. The fourth-order valence-electron chi connectivity index (χ4n) is 4.02. The van der Waals surface area contributed by atoms with Crippen molar-refractivity contribution in [2.24, 2.45) is 0 Å². The molecule has 0 aliphatic rings. The van der Waals surface area contributed by atoms with E-state index in [1.54, 1.807) is 0 Å². The molecule has 1 amide bonds. The Morgan fingerprint density at radius 1 is 0.882 bits per heavy atom. The number of nitrogens with zero attached hydrogens (tertiary/aromatic N) is 3. The van der Waals surface area contributed by atoms with Gasteiger partial charge in [-0.2, -0.15) is 0 Å². The third kappa shape index (κ3) is 10.4. The molecule has 34 heavy (non-hydrogen) atoms. The lowest BCUT2D eigenvalue weighted by atomic mass is 10.1. The first kappa shape index (κ1) is 27.5. The maximum atomic E-state index is 12.2. The fourth-order valence-corrected chi connectivity index (χ4v) is 4.02. The number of amides is 1. The highest BCUT2D eigenvalue weighted by Gasteiger charge is 2.20. The molecular formula is C26H40N4O4. The summed E-state index contributed by atoms with van der Waals surface area (Å²) in [7, 11) is 0. The number of carbonyl (C=O) groups excluding carboxylic acids is 1. The van der Waals surface area contributed by atoms with Crippen LogP contribution in [-0.2, 0) is 4.79 Å². The summed E-state index contributed by atoms with van der Waals surface area (Å²) in [4.78, 5) is 22.7. The molecule has 8 nitrogen and oxygen atoms in total. The molecule has 1 heterocycles. The number of benzene rings is 1. The van der Waals surface area contributed by atoms with Gasteiger partial charge in [0.2, 0.25) is 11.4 Å². The Labute approximate surface area is 202 Å². The number of hydrogen-bond donors (Lipinski definition) is 1. The van der Waals surface area contributed by atoms with Gasteiger partial charge < -0.3 is 5.32 Å². The number of aromatic nitrogens is 2. The molecule has 0 unspecified atom stereocenters. The van der Waals surface area contributed by atoms with E-state index < -0.39 is 4.92 Å². The number of hydrogen-bond acceptors (Lipinski definition) is 6. The second-order valence-corrected chi connectivity index (χ2v) is 8.94. The summed E-state index contributed by atoms with van der Waals surface area (Å²) in [6.45, 7) is 2.26. The minimum atomic E-state index is -0.549. The maximum absolute atomic E-state index is 12.2. The Morgan fingerprint density at radius 2 is 1.44 bits per heavy atom. The number of nitrogens with one attached hydrogen (secondary N) is 1. The maximum Gasteiger partial charge on any atom is 0.300 e. The van der Waals surface area contributed by atoms with Crippen LogP contribution in [0.5, 0.6) is 0 Å². The van der Waals surface area contributed by atoms with E-state index in [4.69, 9.17) is 0 Å². The number of non-ortho nitro benzene ring substituents is 1. The molecule has 188 valence electrons. The van der Waals surface area contributed by atoms with Gasteiger partial charge in [0.1, 0.15) is 0 Å². The van der Waals surface area contributed by atoms with E-state index in [1.807, 2.05) is 0 Å². The standard InChI is InChI=1S/C26H40N4O4/c1-2-3-4-5-6-7-8-9-10-11-12-13-14-15-16-17-18-19-24(31)27-22-20-21-23(30(32)33)26-25(22)28-34-29-26/h9-10,20-21H,2-8,11-19H2,1H3,(H,27,31)/b10-9-. The third-order valence-electron chi connectivity index (χ3n) is 6.03. The van der Waals surface area contributed by atoms with Gasteiger partial charge in [-0.1, -0.05) is 83.3 Å². The zero-order valence-electron chi connectivity index (χ0n) is 20.6. The molecule has 0 radical (unpaired) electrons. The highest BCUT2D eigenvalue weighted by atomic mass is 16.6. The molecule has 1 N–H and O–H groups in total. The summed E-state index contributed by atoms with van der Waals surface area (Å²) in [5, 5.41) is 21.1. The van der Waals surface area contributed by atoms with Crippen molar-refractivity contribution in [3.05, 3.63) is 34.4 Å². The third-order valence-corrected chi connectivity index (χ3v) is 6.03. The van der Waals surface area contributed by atoms with Crippen molar-refractivity contribution < 1.29 is 14.3 Å². The Hall–Kier alpha value is -2.77. The molecule has 0 fully saturated rings.